The maximum atomic E-state index is 11.3. The molecule has 0 heterocycles. The Morgan fingerprint density at radius 3 is 2.53 bits per heavy atom. The first kappa shape index (κ1) is 12.9. The van der Waals surface area contributed by atoms with Crippen LogP contribution in [0.2, 0.25) is 0 Å². The van der Waals surface area contributed by atoms with E-state index in [1.54, 1.807) is 0 Å². The number of hydrogen-bond acceptors (Lipinski definition) is 3. The van der Waals surface area contributed by atoms with Crippen LogP contribution in [0.5, 0.6) is 0 Å². The molecule has 1 aliphatic rings. The van der Waals surface area contributed by atoms with E-state index in [1.165, 1.54) is 25.7 Å². The van der Waals surface area contributed by atoms with Crippen LogP contribution in [0.3, 0.4) is 0 Å². The summed E-state index contributed by atoms with van der Waals surface area (Å²) in [6.07, 6.45) is 5.96. The average Bonchev–Trinajstić information content (AvgIpc) is 2.53. The van der Waals surface area contributed by atoms with Crippen LogP contribution in [0, 0.1) is 5.92 Å². The molecule has 1 aliphatic carbocycles. The van der Waals surface area contributed by atoms with Gasteiger partial charge in [-0.2, -0.15) is 0 Å². The SMILES string of the molecule is NC(=S)CS(=O)(=O)NCCC1CCCC1. The van der Waals surface area contributed by atoms with E-state index in [-0.39, 0.29) is 10.7 Å². The molecule has 0 aliphatic heterocycles. The lowest BCUT2D eigenvalue weighted by molar-refractivity contribution is 0.496. The molecule has 15 heavy (non-hydrogen) atoms. The number of nitrogens with two attached hydrogens (primary N) is 1. The lowest BCUT2D eigenvalue weighted by atomic mass is 10.1. The van der Waals surface area contributed by atoms with Crippen molar-refractivity contribution in [3.8, 4) is 0 Å². The lowest BCUT2D eigenvalue weighted by Gasteiger charge is -2.09. The van der Waals surface area contributed by atoms with Crippen LogP contribution in [-0.2, 0) is 10.0 Å². The van der Waals surface area contributed by atoms with E-state index in [0.29, 0.717) is 12.5 Å². The molecule has 0 aromatic heterocycles. The molecule has 88 valence electrons. The second kappa shape index (κ2) is 5.77. The van der Waals surface area contributed by atoms with Gasteiger partial charge in [-0.15, -0.1) is 0 Å². The fourth-order valence-electron chi connectivity index (χ4n) is 1.96. The number of thiocarbonyl (C=S) groups is 1. The normalized spacial score (nSPS) is 18.1. The summed E-state index contributed by atoms with van der Waals surface area (Å²) in [5.74, 6) is 0.449. The summed E-state index contributed by atoms with van der Waals surface area (Å²) in [6.45, 7) is 0.510. The first-order valence-electron chi connectivity index (χ1n) is 5.25. The number of sulfonamides is 1. The number of nitrogens with one attached hydrogen (secondary N) is 1. The van der Waals surface area contributed by atoms with Crippen LogP contribution >= 0.6 is 12.2 Å². The zero-order chi connectivity index (χ0) is 11.3. The van der Waals surface area contributed by atoms with Gasteiger partial charge < -0.3 is 5.73 Å². The van der Waals surface area contributed by atoms with Crippen molar-refractivity contribution in [2.45, 2.75) is 32.1 Å². The Balaban J connectivity index is 2.20. The van der Waals surface area contributed by atoms with E-state index in [4.69, 9.17) is 5.73 Å². The zero-order valence-electron chi connectivity index (χ0n) is 8.74. The molecule has 0 spiro atoms. The molecule has 1 rings (SSSR count). The first-order chi connectivity index (χ1) is 6.99. The van der Waals surface area contributed by atoms with Gasteiger partial charge in [-0.25, -0.2) is 13.1 Å². The van der Waals surface area contributed by atoms with Crippen LogP contribution in [0.4, 0.5) is 0 Å². The van der Waals surface area contributed by atoms with Crippen molar-refractivity contribution in [3.63, 3.8) is 0 Å². The fraction of sp³-hybridized carbons (Fsp3) is 0.889. The summed E-state index contributed by atoms with van der Waals surface area (Å²) in [6, 6.07) is 0. The molecule has 6 heteroatoms. The molecule has 0 atom stereocenters. The topological polar surface area (TPSA) is 72.2 Å². The lowest BCUT2D eigenvalue weighted by Crippen LogP contribution is -2.33. The molecule has 1 saturated carbocycles. The van der Waals surface area contributed by atoms with Crippen LogP contribution in [0.1, 0.15) is 32.1 Å². The van der Waals surface area contributed by atoms with Gasteiger partial charge in [-0.1, -0.05) is 37.9 Å². The van der Waals surface area contributed by atoms with E-state index >= 15 is 0 Å². The van der Waals surface area contributed by atoms with Gasteiger partial charge in [0.05, 0.1) is 4.99 Å². The second-order valence-corrected chi connectivity index (χ2v) is 6.39. The van der Waals surface area contributed by atoms with E-state index in [1.807, 2.05) is 0 Å². The Morgan fingerprint density at radius 2 is 2.00 bits per heavy atom. The summed E-state index contributed by atoms with van der Waals surface area (Å²) < 4.78 is 25.2. The quantitative estimate of drug-likeness (QED) is 0.683. The standard InChI is InChI=1S/C9H18N2O2S2/c10-9(14)7-15(12,13)11-6-5-8-3-1-2-4-8/h8,11H,1-7H2,(H2,10,14). The fourth-order valence-corrected chi connectivity index (χ4v) is 3.33. The monoisotopic (exact) mass is 250 g/mol. The van der Waals surface area contributed by atoms with Gasteiger partial charge in [0.1, 0.15) is 5.75 Å². The van der Waals surface area contributed by atoms with Crippen molar-refractivity contribution in [2.24, 2.45) is 11.7 Å². The molecule has 0 unspecified atom stereocenters. The molecule has 3 N–H and O–H groups in total. The number of rotatable bonds is 6. The molecule has 0 amide bonds. The Labute approximate surface area is 96.7 Å². The highest BCUT2D eigenvalue weighted by Gasteiger charge is 2.16. The molecule has 0 bridgehead atoms. The van der Waals surface area contributed by atoms with Gasteiger partial charge in [0, 0.05) is 6.54 Å². The third kappa shape index (κ3) is 5.44. The Hall–Kier alpha value is -0.200. The van der Waals surface area contributed by atoms with E-state index in [0.717, 1.165) is 6.42 Å². The maximum absolute atomic E-state index is 11.3. The van der Waals surface area contributed by atoms with Crippen molar-refractivity contribution in [2.75, 3.05) is 12.3 Å². The minimum absolute atomic E-state index is 0.0170. The highest BCUT2D eigenvalue weighted by atomic mass is 32.2. The summed E-state index contributed by atoms with van der Waals surface area (Å²) >= 11 is 4.56. The predicted molar refractivity (Wildman–Crippen MR) is 65.1 cm³/mol. The third-order valence-electron chi connectivity index (χ3n) is 2.68. The van der Waals surface area contributed by atoms with Gasteiger partial charge >= 0.3 is 0 Å². The minimum atomic E-state index is -3.29. The maximum Gasteiger partial charge on any atom is 0.218 e. The molecular formula is C9H18N2O2S2. The van der Waals surface area contributed by atoms with E-state index in [2.05, 4.69) is 16.9 Å². The minimum Gasteiger partial charge on any atom is -0.392 e. The van der Waals surface area contributed by atoms with Gasteiger partial charge in [0.2, 0.25) is 10.0 Å². The summed E-state index contributed by atoms with van der Waals surface area (Å²) in [5, 5.41) is 0. The first-order valence-corrected chi connectivity index (χ1v) is 7.31. The highest BCUT2D eigenvalue weighted by molar-refractivity contribution is 7.92. The van der Waals surface area contributed by atoms with Crippen molar-refractivity contribution >= 4 is 27.2 Å². The molecule has 0 aromatic rings. The summed E-state index contributed by atoms with van der Waals surface area (Å²) in [5.41, 5.74) is 5.18. The number of hydrogen-bond donors (Lipinski definition) is 2. The summed E-state index contributed by atoms with van der Waals surface area (Å²) in [7, 11) is -3.29. The van der Waals surface area contributed by atoms with Crippen molar-refractivity contribution in [3.05, 3.63) is 0 Å². The van der Waals surface area contributed by atoms with Crippen LogP contribution in [0.25, 0.3) is 0 Å². The van der Waals surface area contributed by atoms with Gasteiger partial charge in [-0.3, -0.25) is 0 Å². The van der Waals surface area contributed by atoms with Crippen LogP contribution in [0.15, 0.2) is 0 Å². The Bertz CT molecular complexity index is 308. The second-order valence-electron chi connectivity index (χ2n) is 4.06. The molecule has 0 aromatic carbocycles. The van der Waals surface area contributed by atoms with Gasteiger partial charge in [0.25, 0.3) is 0 Å². The molecule has 0 radical (unpaired) electrons. The third-order valence-corrected chi connectivity index (χ3v) is 4.34. The molecule has 0 saturated heterocycles. The highest BCUT2D eigenvalue weighted by Crippen LogP contribution is 2.26. The van der Waals surface area contributed by atoms with E-state index in [9.17, 15) is 8.42 Å². The summed E-state index contributed by atoms with van der Waals surface area (Å²) in [4.78, 5) is 0.0170. The van der Waals surface area contributed by atoms with E-state index < -0.39 is 10.0 Å². The zero-order valence-corrected chi connectivity index (χ0v) is 10.4. The Kier molecular flexibility index (Phi) is 4.95. The molecule has 4 nitrogen and oxygen atoms in total. The van der Waals surface area contributed by atoms with Crippen molar-refractivity contribution in [1.82, 2.24) is 4.72 Å². The smallest absolute Gasteiger partial charge is 0.218 e. The van der Waals surface area contributed by atoms with Crippen LogP contribution in [-0.4, -0.2) is 25.7 Å². The molecular weight excluding hydrogens is 232 g/mol. The molecule has 1 fully saturated rings. The van der Waals surface area contributed by atoms with Gasteiger partial charge in [-0.05, 0) is 12.3 Å². The van der Waals surface area contributed by atoms with Crippen molar-refractivity contribution in [1.29, 1.82) is 0 Å². The largest absolute Gasteiger partial charge is 0.392 e. The van der Waals surface area contributed by atoms with Crippen LogP contribution < -0.4 is 10.5 Å². The van der Waals surface area contributed by atoms with Gasteiger partial charge in [0.15, 0.2) is 0 Å². The Morgan fingerprint density at radius 1 is 1.40 bits per heavy atom. The predicted octanol–water partition coefficient (Wildman–Crippen LogP) is 0.772. The average molecular weight is 250 g/mol. The van der Waals surface area contributed by atoms with Crippen molar-refractivity contribution < 1.29 is 8.42 Å².